The Kier molecular flexibility index (Phi) is 5.89. The number of nitrogens with zero attached hydrogens (tertiary/aromatic N) is 2. The summed E-state index contributed by atoms with van der Waals surface area (Å²) in [7, 11) is 0. The van der Waals surface area contributed by atoms with Crippen LogP contribution in [0.5, 0.6) is 0 Å². The summed E-state index contributed by atoms with van der Waals surface area (Å²) in [6, 6.07) is 27.1. The molecule has 0 unspecified atom stereocenters. The average molecular weight is 412 g/mol. The van der Waals surface area contributed by atoms with E-state index in [1.54, 1.807) is 24.3 Å². The molecule has 4 rings (SSSR count). The van der Waals surface area contributed by atoms with Crippen molar-refractivity contribution in [3.63, 3.8) is 0 Å². The lowest BCUT2D eigenvalue weighted by Gasteiger charge is -2.22. The number of carboxylic acid groups (broad SMARTS) is 1. The molecule has 4 aromatic rings. The van der Waals surface area contributed by atoms with Crippen LogP contribution in [0.1, 0.15) is 21.5 Å². The van der Waals surface area contributed by atoms with E-state index in [-0.39, 0.29) is 24.5 Å². The van der Waals surface area contributed by atoms with Gasteiger partial charge in [0.15, 0.2) is 0 Å². The molecule has 0 fully saturated rings. The minimum absolute atomic E-state index is 0.0783. The summed E-state index contributed by atoms with van der Waals surface area (Å²) in [6.45, 7) is 0.295. The van der Waals surface area contributed by atoms with Gasteiger partial charge in [-0.2, -0.15) is 0 Å². The summed E-state index contributed by atoms with van der Waals surface area (Å²) in [4.78, 5) is 30.8. The number of ether oxygens (including phenoxy) is 1. The number of rotatable bonds is 6. The number of carbonyl (C=O) groups is 2. The van der Waals surface area contributed by atoms with Gasteiger partial charge in [-0.3, -0.25) is 4.90 Å². The number of carbonyl (C=O) groups excluding carboxylic acids is 1. The second-order valence-corrected chi connectivity index (χ2v) is 6.96. The third kappa shape index (κ3) is 4.70. The zero-order valence-corrected chi connectivity index (χ0v) is 16.6. The Balaban J connectivity index is 1.71. The molecule has 0 saturated heterocycles. The minimum Gasteiger partial charge on any atom is -0.478 e. The Labute approximate surface area is 179 Å². The van der Waals surface area contributed by atoms with Crippen LogP contribution in [0, 0.1) is 0 Å². The Morgan fingerprint density at radius 1 is 0.839 bits per heavy atom. The third-order valence-electron chi connectivity index (χ3n) is 4.82. The average Bonchev–Trinajstić information content (AvgIpc) is 2.81. The molecule has 0 saturated carbocycles. The molecular formula is C25H20N2O4. The van der Waals surface area contributed by atoms with Gasteiger partial charge in [0.05, 0.1) is 17.6 Å². The summed E-state index contributed by atoms with van der Waals surface area (Å²) in [5.74, 6) is -0.866. The van der Waals surface area contributed by atoms with Crippen molar-refractivity contribution in [1.82, 2.24) is 4.98 Å². The van der Waals surface area contributed by atoms with Crippen molar-refractivity contribution in [2.45, 2.75) is 13.2 Å². The van der Waals surface area contributed by atoms with Crippen molar-refractivity contribution in [2.24, 2.45) is 0 Å². The molecule has 31 heavy (non-hydrogen) atoms. The smallest absolute Gasteiger partial charge is 0.416 e. The summed E-state index contributed by atoms with van der Waals surface area (Å²) in [5, 5.41) is 10.2. The summed E-state index contributed by atoms with van der Waals surface area (Å²) in [5.41, 5.74) is 2.29. The predicted octanol–water partition coefficient (Wildman–Crippen LogP) is 5.28. The first-order valence-electron chi connectivity index (χ1n) is 9.77. The molecule has 1 heterocycles. The molecule has 0 aliphatic rings. The van der Waals surface area contributed by atoms with Crippen LogP contribution in [0.4, 0.5) is 10.6 Å². The maximum Gasteiger partial charge on any atom is 0.416 e. The van der Waals surface area contributed by atoms with Crippen LogP contribution in [-0.2, 0) is 17.9 Å². The molecule has 1 N–H and O–H groups in total. The maximum atomic E-state index is 13.1. The summed E-state index contributed by atoms with van der Waals surface area (Å²) >= 11 is 0. The number of aromatic nitrogens is 1. The maximum absolute atomic E-state index is 13.1. The molecule has 0 aliphatic heterocycles. The van der Waals surface area contributed by atoms with Crippen molar-refractivity contribution in [3.05, 3.63) is 108 Å². The first kappa shape index (κ1) is 20.1. The molecule has 0 bridgehead atoms. The lowest BCUT2D eigenvalue weighted by molar-refractivity contribution is 0.0698. The number of anilines is 1. The quantitative estimate of drug-likeness (QED) is 0.466. The number of hydrogen-bond donors (Lipinski definition) is 1. The summed E-state index contributed by atoms with van der Waals surface area (Å²) < 4.78 is 5.53. The fraction of sp³-hybridized carbons (Fsp3) is 0.0800. The molecule has 1 amide bonds. The zero-order chi connectivity index (χ0) is 21.6. The first-order chi connectivity index (χ1) is 15.1. The number of hydrogen-bond acceptors (Lipinski definition) is 4. The van der Waals surface area contributed by atoms with Crippen LogP contribution in [-0.4, -0.2) is 22.2 Å². The van der Waals surface area contributed by atoms with E-state index in [1.807, 2.05) is 60.7 Å². The number of benzene rings is 3. The van der Waals surface area contributed by atoms with Gasteiger partial charge in [-0.15, -0.1) is 0 Å². The van der Waals surface area contributed by atoms with E-state index in [0.29, 0.717) is 10.9 Å². The van der Waals surface area contributed by atoms with Crippen LogP contribution < -0.4 is 4.90 Å². The number of pyridine rings is 1. The highest BCUT2D eigenvalue weighted by Gasteiger charge is 2.22. The number of carboxylic acids is 1. The lowest BCUT2D eigenvalue weighted by Crippen LogP contribution is -2.32. The Bertz CT molecular complexity index is 1210. The number of fused-ring (bicyclic) bond motifs is 1. The standard InChI is InChI=1S/C25H20N2O4/c28-24(29)21-15-23(26-22-14-8-7-13-20(21)22)27(16-18-9-3-1-4-10-18)25(30)31-17-19-11-5-2-6-12-19/h1-15H,16-17H2,(H,28,29). The summed E-state index contributed by atoms with van der Waals surface area (Å²) in [6.07, 6.45) is -0.605. The predicted molar refractivity (Wildman–Crippen MR) is 118 cm³/mol. The second-order valence-electron chi connectivity index (χ2n) is 6.96. The highest BCUT2D eigenvalue weighted by Crippen LogP contribution is 2.25. The lowest BCUT2D eigenvalue weighted by atomic mass is 10.1. The second kappa shape index (κ2) is 9.09. The van der Waals surface area contributed by atoms with Gasteiger partial charge in [0.25, 0.3) is 0 Å². The van der Waals surface area contributed by atoms with Crippen molar-refractivity contribution in [2.75, 3.05) is 4.90 Å². The fourth-order valence-electron chi connectivity index (χ4n) is 3.28. The Morgan fingerprint density at radius 2 is 1.45 bits per heavy atom. The topological polar surface area (TPSA) is 79.7 Å². The van der Waals surface area contributed by atoms with Crippen LogP contribution in [0.15, 0.2) is 91.0 Å². The Hall–Kier alpha value is -4.19. The zero-order valence-electron chi connectivity index (χ0n) is 16.6. The van der Waals surface area contributed by atoms with E-state index in [2.05, 4.69) is 4.98 Å². The molecule has 0 atom stereocenters. The molecule has 0 aliphatic carbocycles. The van der Waals surface area contributed by atoms with Gasteiger partial charge in [0.1, 0.15) is 12.4 Å². The molecule has 0 spiro atoms. The molecule has 6 nitrogen and oxygen atoms in total. The van der Waals surface area contributed by atoms with Crippen LogP contribution in [0.2, 0.25) is 0 Å². The molecular weight excluding hydrogens is 392 g/mol. The number of amides is 1. The number of para-hydroxylation sites is 1. The highest BCUT2D eigenvalue weighted by molar-refractivity contribution is 6.04. The van der Waals surface area contributed by atoms with Crippen molar-refractivity contribution < 1.29 is 19.4 Å². The van der Waals surface area contributed by atoms with Gasteiger partial charge >= 0.3 is 12.1 Å². The van der Waals surface area contributed by atoms with E-state index >= 15 is 0 Å². The van der Waals surface area contributed by atoms with Crippen LogP contribution in [0.25, 0.3) is 10.9 Å². The van der Waals surface area contributed by atoms with Gasteiger partial charge < -0.3 is 9.84 Å². The number of aromatic carboxylic acids is 1. The highest BCUT2D eigenvalue weighted by atomic mass is 16.6. The first-order valence-corrected chi connectivity index (χ1v) is 9.77. The largest absolute Gasteiger partial charge is 0.478 e. The molecule has 6 heteroatoms. The normalized spacial score (nSPS) is 10.6. The van der Waals surface area contributed by atoms with Gasteiger partial charge in [-0.25, -0.2) is 14.6 Å². The fourth-order valence-corrected chi connectivity index (χ4v) is 3.28. The molecule has 1 aromatic heterocycles. The molecule has 154 valence electrons. The van der Waals surface area contributed by atoms with Crippen LogP contribution >= 0.6 is 0 Å². The SMILES string of the molecule is O=C(O)c1cc(N(Cc2ccccc2)C(=O)OCc2ccccc2)nc2ccccc12. The minimum atomic E-state index is -1.09. The van der Waals surface area contributed by atoms with E-state index in [9.17, 15) is 14.7 Å². The third-order valence-corrected chi connectivity index (χ3v) is 4.82. The monoisotopic (exact) mass is 412 g/mol. The van der Waals surface area contributed by atoms with Gasteiger partial charge in [-0.1, -0.05) is 78.9 Å². The molecule has 3 aromatic carbocycles. The van der Waals surface area contributed by atoms with Crippen LogP contribution in [0.3, 0.4) is 0 Å². The van der Waals surface area contributed by atoms with E-state index in [0.717, 1.165) is 11.1 Å². The van der Waals surface area contributed by atoms with Gasteiger partial charge in [-0.05, 0) is 23.3 Å². The Morgan fingerprint density at radius 3 is 2.13 bits per heavy atom. The van der Waals surface area contributed by atoms with Crippen molar-refractivity contribution >= 4 is 28.8 Å². The van der Waals surface area contributed by atoms with Gasteiger partial charge in [0.2, 0.25) is 0 Å². The van der Waals surface area contributed by atoms with Crippen molar-refractivity contribution in [3.8, 4) is 0 Å². The van der Waals surface area contributed by atoms with Gasteiger partial charge in [0, 0.05) is 5.39 Å². The van der Waals surface area contributed by atoms with E-state index in [4.69, 9.17) is 4.74 Å². The molecule has 0 radical (unpaired) electrons. The van der Waals surface area contributed by atoms with E-state index < -0.39 is 12.1 Å². The van der Waals surface area contributed by atoms with E-state index in [1.165, 1.54) is 11.0 Å². The van der Waals surface area contributed by atoms with Crippen molar-refractivity contribution in [1.29, 1.82) is 0 Å².